The van der Waals surface area contributed by atoms with E-state index in [9.17, 15) is 0 Å². The quantitative estimate of drug-likeness (QED) is 0.495. The van der Waals surface area contributed by atoms with E-state index in [1.54, 1.807) is 0 Å². The van der Waals surface area contributed by atoms with Gasteiger partial charge < -0.3 is 13.6 Å². The van der Waals surface area contributed by atoms with Crippen LogP contribution in [0.1, 0.15) is 6.92 Å². The van der Waals surface area contributed by atoms with Crippen LogP contribution in [0.25, 0.3) is 0 Å². The normalized spacial score (nSPS) is 33.0. The molecule has 1 heterocycles. The zero-order chi connectivity index (χ0) is 7.40. The second-order valence-corrected chi connectivity index (χ2v) is 3.30. The van der Waals surface area contributed by atoms with Gasteiger partial charge in [-0.05, 0) is 6.92 Å². The third-order valence-corrected chi connectivity index (χ3v) is 2.65. The smallest absolute Gasteiger partial charge is 0.313 e. The summed E-state index contributed by atoms with van der Waals surface area (Å²) in [5.41, 5.74) is 0. The number of rotatable bonds is 3. The first kappa shape index (κ1) is 8.69. The van der Waals surface area contributed by atoms with Crippen LogP contribution >= 0.6 is 20.2 Å². The summed E-state index contributed by atoms with van der Waals surface area (Å²) in [6, 6.07) is 0. The Bertz CT molecular complexity index is 103. The molecule has 0 aromatic carbocycles. The Morgan fingerprint density at radius 2 is 2.60 bits per heavy atom. The second-order valence-electron chi connectivity index (χ2n) is 1.82. The minimum atomic E-state index is -1.07. The van der Waals surface area contributed by atoms with Gasteiger partial charge in [0, 0.05) is 0 Å². The van der Waals surface area contributed by atoms with Gasteiger partial charge in [0.2, 0.25) is 0 Å². The molecule has 60 valence electrons. The minimum absolute atomic E-state index is 0.0272. The molecule has 0 aromatic rings. The molecule has 0 bridgehead atoms. The molecule has 0 spiro atoms. The summed E-state index contributed by atoms with van der Waals surface area (Å²) in [5, 5.41) is 0. The van der Waals surface area contributed by atoms with Gasteiger partial charge in [0.05, 0.1) is 19.1 Å². The van der Waals surface area contributed by atoms with Gasteiger partial charge in [0.15, 0.2) is 0 Å². The number of hydrogen-bond donors (Lipinski definition) is 0. The fourth-order valence-corrected chi connectivity index (χ4v) is 1.89. The van der Waals surface area contributed by atoms with Gasteiger partial charge in [-0.2, -0.15) is 0 Å². The second kappa shape index (κ2) is 4.47. The predicted molar refractivity (Wildman–Crippen MR) is 40.1 cm³/mol. The zero-order valence-electron chi connectivity index (χ0n) is 5.75. The summed E-state index contributed by atoms with van der Waals surface area (Å²) in [7, 11) is -1.07. The van der Waals surface area contributed by atoms with Crippen molar-refractivity contribution < 1.29 is 13.6 Å². The van der Waals surface area contributed by atoms with Crippen LogP contribution in [0.4, 0.5) is 0 Å². The molecule has 0 aliphatic carbocycles. The molecule has 0 saturated carbocycles. The molecule has 0 amide bonds. The summed E-state index contributed by atoms with van der Waals surface area (Å²) in [6.45, 7) is 3.10. The largest absolute Gasteiger partial charge is 0.333 e. The Kier molecular flexibility index (Phi) is 3.89. The van der Waals surface area contributed by atoms with Crippen LogP contribution in [0, 0.1) is 0 Å². The van der Waals surface area contributed by atoms with Crippen molar-refractivity contribution in [3.05, 3.63) is 0 Å². The highest BCUT2D eigenvalue weighted by Crippen LogP contribution is 2.46. The van der Waals surface area contributed by atoms with E-state index in [2.05, 4.69) is 0 Å². The van der Waals surface area contributed by atoms with Crippen LogP contribution in [0.15, 0.2) is 0 Å². The first-order valence-corrected chi connectivity index (χ1v) is 4.78. The lowest BCUT2D eigenvalue weighted by Gasteiger charge is -2.05. The molecular formula is C5H10ClO3P. The summed E-state index contributed by atoms with van der Waals surface area (Å²) in [5.74, 6) is 0.478. The van der Waals surface area contributed by atoms with Gasteiger partial charge >= 0.3 is 8.60 Å². The maximum Gasteiger partial charge on any atom is 0.333 e. The molecule has 10 heavy (non-hydrogen) atoms. The van der Waals surface area contributed by atoms with Crippen molar-refractivity contribution in [3.63, 3.8) is 0 Å². The standard InChI is InChI=1S/C5H10ClO3P/c1-2-7-10-8-4-5(3-6)9-10/h5H,2-4H2,1H3. The van der Waals surface area contributed by atoms with E-state index in [4.69, 9.17) is 25.2 Å². The van der Waals surface area contributed by atoms with E-state index in [0.29, 0.717) is 19.1 Å². The monoisotopic (exact) mass is 184 g/mol. The molecule has 2 unspecified atom stereocenters. The first-order chi connectivity index (χ1) is 4.86. The fourth-order valence-electron chi connectivity index (χ4n) is 0.572. The molecular weight excluding hydrogens is 174 g/mol. The molecule has 5 heteroatoms. The third kappa shape index (κ3) is 2.33. The van der Waals surface area contributed by atoms with Crippen LogP contribution in [-0.2, 0) is 13.6 Å². The molecule has 3 nitrogen and oxygen atoms in total. The van der Waals surface area contributed by atoms with E-state index in [0.717, 1.165) is 0 Å². The molecule has 0 radical (unpaired) electrons. The van der Waals surface area contributed by atoms with Crippen molar-refractivity contribution in [3.8, 4) is 0 Å². The molecule has 2 atom stereocenters. The predicted octanol–water partition coefficient (Wildman–Crippen LogP) is 1.90. The maximum atomic E-state index is 5.52. The van der Waals surface area contributed by atoms with E-state index < -0.39 is 8.60 Å². The Morgan fingerprint density at radius 1 is 1.80 bits per heavy atom. The Hall–Kier alpha value is 0.600. The lowest BCUT2D eigenvalue weighted by atomic mass is 10.5. The molecule has 0 aromatic heterocycles. The van der Waals surface area contributed by atoms with Crippen LogP contribution in [0.5, 0.6) is 0 Å². The van der Waals surface area contributed by atoms with Crippen molar-refractivity contribution in [2.24, 2.45) is 0 Å². The SMILES string of the molecule is CCOP1OCC(CCl)O1. The van der Waals surface area contributed by atoms with Crippen molar-refractivity contribution >= 4 is 20.2 Å². The first-order valence-electron chi connectivity index (χ1n) is 3.15. The van der Waals surface area contributed by atoms with Crippen LogP contribution in [0.2, 0.25) is 0 Å². The highest BCUT2D eigenvalue weighted by molar-refractivity contribution is 7.42. The summed E-state index contributed by atoms with van der Waals surface area (Å²) in [4.78, 5) is 0. The molecule has 1 saturated heterocycles. The van der Waals surface area contributed by atoms with Crippen molar-refractivity contribution in [1.82, 2.24) is 0 Å². The molecule has 1 aliphatic rings. The van der Waals surface area contributed by atoms with Gasteiger partial charge in [-0.15, -0.1) is 11.6 Å². The van der Waals surface area contributed by atoms with Crippen molar-refractivity contribution in [2.75, 3.05) is 19.1 Å². The van der Waals surface area contributed by atoms with Crippen LogP contribution in [0.3, 0.4) is 0 Å². The zero-order valence-corrected chi connectivity index (χ0v) is 7.40. The topological polar surface area (TPSA) is 27.7 Å². The van der Waals surface area contributed by atoms with E-state index in [1.807, 2.05) is 6.92 Å². The molecule has 1 rings (SSSR count). The minimum Gasteiger partial charge on any atom is -0.313 e. The number of halogens is 1. The van der Waals surface area contributed by atoms with Crippen molar-refractivity contribution in [2.45, 2.75) is 13.0 Å². The number of alkyl halides is 1. The average molecular weight is 185 g/mol. The highest BCUT2D eigenvalue weighted by Gasteiger charge is 2.27. The van der Waals surface area contributed by atoms with Crippen LogP contribution < -0.4 is 0 Å². The Labute approximate surface area is 66.6 Å². The molecule has 1 aliphatic heterocycles. The van der Waals surface area contributed by atoms with Gasteiger partial charge in [-0.3, -0.25) is 0 Å². The summed E-state index contributed by atoms with van der Waals surface area (Å²) in [6.07, 6.45) is 0.0272. The van der Waals surface area contributed by atoms with E-state index in [1.165, 1.54) is 0 Å². The van der Waals surface area contributed by atoms with Gasteiger partial charge in [0.25, 0.3) is 0 Å². The van der Waals surface area contributed by atoms with E-state index in [-0.39, 0.29) is 6.10 Å². The molecule has 1 fully saturated rings. The van der Waals surface area contributed by atoms with Gasteiger partial charge in [-0.1, -0.05) is 0 Å². The van der Waals surface area contributed by atoms with E-state index >= 15 is 0 Å². The van der Waals surface area contributed by atoms with Gasteiger partial charge in [0.1, 0.15) is 6.10 Å². The Balaban J connectivity index is 2.15. The Morgan fingerprint density at radius 3 is 3.10 bits per heavy atom. The highest BCUT2D eigenvalue weighted by atomic mass is 35.5. The number of hydrogen-bond acceptors (Lipinski definition) is 3. The lowest BCUT2D eigenvalue weighted by Crippen LogP contribution is -2.09. The molecule has 0 N–H and O–H groups in total. The fraction of sp³-hybridized carbons (Fsp3) is 1.00. The van der Waals surface area contributed by atoms with Gasteiger partial charge in [-0.25, -0.2) is 0 Å². The summed E-state index contributed by atoms with van der Waals surface area (Å²) < 4.78 is 15.5. The summed E-state index contributed by atoms with van der Waals surface area (Å²) >= 11 is 5.52. The average Bonchev–Trinajstić information content (AvgIpc) is 2.37. The lowest BCUT2D eigenvalue weighted by molar-refractivity contribution is 0.235. The maximum absolute atomic E-state index is 5.52. The third-order valence-electron chi connectivity index (χ3n) is 1.01. The van der Waals surface area contributed by atoms with Crippen LogP contribution in [-0.4, -0.2) is 25.2 Å². The van der Waals surface area contributed by atoms with Crippen molar-refractivity contribution in [1.29, 1.82) is 0 Å².